The average molecular weight is 494 g/mol. The molecule has 0 aliphatic rings. The van der Waals surface area contributed by atoms with E-state index in [0.717, 1.165) is 51.7 Å². The predicted octanol–water partition coefficient (Wildman–Crippen LogP) is 6.11. The molecule has 178 valence electrons. The molecule has 0 atom stereocenters. The zero-order valence-corrected chi connectivity index (χ0v) is 20.2. The van der Waals surface area contributed by atoms with Gasteiger partial charge in [-0.15, -0.1) is 0 Å². The monoisotopic (exact) mass is 493 g/mol. The molecule has 0 saturated carbocycles. The molecule has 2 heterocycles. The van der Waals surface area contributed by atoms with Crippen LogP contribution in [0.25, 0.3) is 10.2 Å². The highest BCUT2D eigenvalue weighted by molar-refractivity contribution is 7.22. The Morgan fingerprint density at radius 1 is 0.806 bits per heavy atom. The van der Waals surface area contributed by atoms with Crippen molar-refractivity contribution in [1.82, 2.24) is 15.0 Å². The number of hydrogen-bond acceptors (Lipinski definition) is 8. The van der Waals surface area contributed by atoms with Crippen LogP contribution in [0.2, 0.25) is 0 Å². The van der Waals surface area contributed by atoms with E-state index in [-0.39, 0.29) is 0 Å². The van der Waals surface area contributed by atoms with Gasteiger partial charge >= 0.3 is 0 Å². The summed E-state index contributed by atoms with van der Waals surface area (Å²) >= 11 is 1.46. The van der Waals surface area contributed by atoms with Crippen LogP contribution in [-0.2, 0) is 17.6 Å². The van der Waals surface area contributed by atoms with E-state index in [4.69, 9.17) is 4.98 Å². The SMILES string of the molecule is O=CCCc1ccc(Nc2nc(Cc3ccccc3)cc(Nc3nc4ccc(C=O)cc4s3)n2)cc1. The van der Waals surface area contributed by atoms with Crippen LogP contribution in [0, 0.1) is 0 Å². The van der Waals surface area contributed by atoms with Gasteiger partial charge in [-0.3, -0.25) is 4.79 Å². The van der Waals surface area contributed by atoms with E-state index in [2.05, 4.69) is 32.7 Å². The molecule has 0 spiro atoms. The van der Waals surface area contributed by atoms with Gasteiger partial charge in [-0.2, -0.15) is 4.98 Å². The van der Waals surface area contributed by atoms with E-state index in [1.54, 1.807) is 6.07 Å². The minimum absolute atomic E-state index is 0.468. The summed E-state index contributed by atoms with van der Waals surface area (Å²) in [6.45, 7) is 0. The van der Waals surface area contributed by atoms with Crippen molar-refractivity contribution in [3.8, 4) is 0 Å². The molecule has 8 heteroatoms. The second kappa shape index (κ2) is 10.9. The lowest BCUT2D eigenvalue weighted by atomic mass is 10.1. The largest absolute Gasteiger partial charge is 0.324 e. The Bertz CT molecular complexity index is 1500. The number of anilines is 4. The first kappa shape index (κ1) is 23.3. The fourth-order valence-corrected chi connectivity index (χ4v) is 4.72. The molecule has 5 rings (SSSR count). The van der Waals surface area contributed by atoms with Gasteiger partial charge in [0.05, 0.1) is 15.9 Å². The van der Waals surface area contributed by atoms with Crippen LogP contribution in [0.15, 0.2) is 78.9 Å². The number of aromatic nitrogens is 3. The van der Waals surface area contributed by atoms with Crippen LogP contribution >= 0.6 is 11.3 Å². The van der Waals surface area contributed by atoms with Crippen molar-refractivity contribution in [3.05, 3.63) is 101 Å². The van der Waals surface area contributed by atoms with Gasteiger partial charge in [-0.1, -0.05) is 53.8 Å². The summed E-state index contributed by atoms with van der Waals surface area (Å²) in [4.78, 5) is 35.8. The van der Waals surface area contributed by atoms with Gasteiger partial charge in [-0.05, 0) is 47.9 Å². The number of nitrogens with zero attached hydrogens (tertiary/aromatic N) is 3. The minimum atomic E-state index is 0.468. The topological polar surface area (TPSA) is 96.9 Å². The minimum Gasteiger partial charge on any atom is -0.324 e. The number of carbonyl (C=O) groups is 2. The molecule has 0 unspecified atom stereocenters. The van der Waals surface area contributed by atoms with Crippen molar-refractivity contribution in [2.75, 3.05) is 10.6 Å². The van der Waals surface area contributed by atoms with Gasteiger partial charge < -0.3 is 15.4 Å². The average Bonchev–Trinajstić information content (AvgIpc) is 3.30. The molecule has 2 N–H and O–H groups in total. The molecule has 3 aromatic carbocycles. The molecular formula is C28H23N5O2S. The molecule has 0 bridgehead atoms. The number of aldehydes is 2. The first-order valence-corrected chi connectivity index (χ1v) is 12.3. The maximum absolute atomic E-state index is 11.1. The smallest absolute Gasteiger partial charge is 0.229 e. The molecule has 36 heavy (non-hydrogen) atoms. The maximum atomic E-state index is 11.1. The summed E-state index contributed by atoms with van der Waals surface area (Å²) in [6, 6.07) is 25.4. The lowest BCUT2D eigenvalue weighted by molar-refractivity contribution is -0.107. The predicted molar refractivity (Wildman–Crippen MR) is 144 cm³/mol. The highest BCUT2D eigenvalue weighted by atomic mass is 32.1. The molecule has 0 aliphatic heterocycles. The van der Waals surface area contributed by atoms with E-state index >= 15 is 0 Å². The molecule has 0 fully saturated rings. The molecule has 5 aromatic rings. The Morgan fingerprint density at radius 3 is 2.42 bits per heavy atom. The highest BCUT2D eigenvalue weighted by Crippen LogP contribution is 2.29. The number of aryl methyl sites for hydroxylation is 1. The first-order chi connectivity index (χ1) is 17.7. The number of rotatable bonds is 10. The first-order valence-electron chi connectivity index (χ1n) is 11.5. The third-order valence-corrected chi connectivity index (χ3v) is 6.49. The van der Waals surface area contributed by atoms with Gasteiger partial charge in [0.1, 0.15) is 18.4 Å². The normalized spacial score (nSPS) is 10.8. The summed E-state index contributed by atoms with van der Waals surface area (Å²) in [5, 5.41) is 7.29. The van der Waals surface area contributed by atoms with Gasteiger partial charge in [0, 0.05) is 30.2 Å². The number of hydrogen-bond donors (Lipinski definition) is 2. The summed E-state index contributed by atoms with van der Waals surface area (Å²) in [6.07, 6.45) is 3.64. The van der Waals surface area contributed by atoms with Crippen LogP contribution in [-0.4, -0.2) is 27.5 Å². The molecule has 0 radical (unpaired) electrons. The molecule has 0 aliphatic carbocycles. The Balaban J connectivity index is 1.42. The zero-order valence-electron chi connectivity index (χ0n) is 19.3. The van der Waals surface area contributed by atoms with Crippen molar-refractivity contribution in [1.29, 1.82) is 0 Å². The van der Waals surface area contributed by atoms with E-state index < -0.39 is 0 Å². The lowest BCUT2D eigenvalue weighted by Crippen LogP contribution is -2.04. The highest BCUT2D eigenvalue weighted by Gasteiger charge is 2.10. The Labute approximate surface area is 212 Å². The molecule has 2 aromatic heterocycles. The van der Waals surface area contributed by atoms with Crippen LogP contribution in [0.1, 0.15) is 33.6 Å². The third kappa shape index (κ3) is 5.79. The molecule has 0 amide bonds. The quantitative estimate of drug-likeness (QED) is 0.227. The number of benzene rings is 3. The maximum Gasteiger partial charge on any atom is 0.229 e. The van der Waals surface area contributed by atoms with Crippen LogP contribution in [0.3, 0.4) is 0 Å². The molecular weight excluding hydrogens is 470 g/mol. The standard InChI is InChI=1S/C28H23N5O2S/c34-14-4-7-19-8-11-22(12-9-19)29-27-30-23(15-20-5-2-1-3-6-20)17-26(32-27)33-28-31-24-13-10-21(18-35)16-25(24)36-28/h1-3,5-6,8-14,16-18H,4,7,15H2,(H2,29,30,31,32,33). The second-order valence-electron chi connectivity index (χ2n) is 8.25. The Morgan fingerprint density at radius 2 is 1.64 bits per heavy atom. The summed E-state index contributed by atoms with van der Waals surface area (Å²) in [7, 11) is 0. The van der Waals surface area contributed by atoms with Crippen LogP contribution in [0.5, 0.6) is 0 Å². The number of carbonyl (C=O) groups excluding carboxylic acids is 2. The lowest BCUT2D eigenvalue weighted by Gasteiger charge is -2.11. The van der Waals surface area contributed by atoms with Crippen molar-refractivity contribution in [3.63, 3.8) is 0 Å². The van der Waals surface area contributed by atoms with Crippen LogP contribution in [0.4, 0.5) is 22.6 Å². The number of thiazole rings is 1. The van der Waals surface area contributed by atoms with Crippen molar-refractivity contribution in [2.45, 2.75) is 19.3 Å². The Hall–Kier alpha value is -4.43. The Kier molecular flexibility index (Phi) is 7.05. The van der Waals surface area contributed by atoms with E-state index in [0.29, 0.717) is 35.3 Å². The summed E-state index contributed by atoms with van der Waals surface area (Å²) < 4.78 is 0.925. The zero-order chi connectivity index (χ0) is 24.7. The van der Waals surface area contributed by atoms with Crippen LogP contribution < -0.4 is 10.6 Å². The second-order valence-corrected chi connectivity index (χ2v) is 9.28. The summed E-state index contributed by atoms with van der Waals surface area (Å²) in [5.41, 5.74) is 5.40. The number of nitrogens with one attached hydrogen (secondary N) is 2. The third-order valence-electron chi connectivity index (χ3n) is 5.55. The molecule has 7 nitrogen and oxygen atoms in total. The molecule has 0 saturated heterocycles. The number of fused-ring (bicyclic) bond motifs is 1. The van der Waals surface area contributed by atoms with E-state index in [1.165, 1.54) is 11.3 Å². The van der Waals surface area contributed by atoms with E-state index in [9.17, 15) is 9.59 Å². The van der Waals surface area contributed by atoms with Crippen molar-refractivity contribution in [2.24, 2.45) is 0 Å². The van der Waals surface area contributed by atoms with E-state index in [1.807, 2.05) is 60.7 Å². The van der Waals surface area contributed by atoms with Crippen molar-refractivity contribution < 1.29 is 9.59 Å². The van der Waals surface area contributed by atoms with Gasteiger partial charge in [0.2, 0.25) is 5.95 Å². The van der Waals surface area contributed by atoms with Crippen molar-refractivity contribution >= 4 is 56.7 Å². The van der Waals surface area contributed by atoms with Gasteiger partial charge in [0.15, 0.2) is 5.13 Å². The summed E-state index contributed by atoms with van der Waals surface area (Å²) in [5.74, 6) is 1.09. The van der Waals surface area contributed by atoms with Gasteiger partial charge in [-0.25, -0.2) is 9.97 Å². The van der Waals surface area contributed by atoms with Gasteiger partial charge in [0.25, 0.3) is 0 Å². The fraction of sp³-hybridized carbons (Fsp3) is 0.107. The fourth-order valence-electron chi connectivity index (χ4n) is 3.80.